The predicted molar refractivity (Wildman–Crippen MR) is 138 cm³/mol. The van der Waals surface area contributed by atoms with Crippen molar-refractivity contribution in [2.75, 3.05) is 25.2 Å². The lowest BCUT2D eigenvalue weighted by atomic mass is 10.1. The first-order valence-electron chi connectivity index (χ1n) is 12.2. The molecule has 0 radical (unpaired) electrons. The average molecular weight is 470 g/mol. The molecule has 3 aromatic carbocycles. The number of rotatable bonds is 9. The highest BCUT2D eigenvalue weighted by molar-refractivity contribution is 5.97. The fourth-order valence-corrected chi connectivity index (χ4v) is 4.88. The van der Waals surface area contributed by atoms with Crippen molar-refractivity contribution in [3.05, 3.63) is 84.2 Å². The van der Waals surface area contributed by atoms with E-state index in [1.807, 2.05) is 65.6 Å². The number of hydrogen-bond donors (Lipinski definition) is 0. The highest BCUT2D eigenvalue weighted by Crippen LogP contribution is 2.37. The second-order valence-electron chi connectivity index (χ2n) is 9.01. The van der Waals surface area contributed by atoms with Crippen LogP contribution in [0.5, 0.6) is 11.5 Å². The summed E-state index contributed by atoms with van der Waals surface area (Å²) in [5.74, 6) is 2.77. The summed E-state index contributed by atoms with van der Waals surface area (Å²) >= 11 is 0. The second kappa shape index (κ2) is 10.2. The van der Waals surface area contributed by atoms with Gasteiger partial charge < -0.3 is 18.9 Å². The number of ether oxygens (including phenoxy) is 2. The van der Waals surface area contributed by atoms with E-state index in [4.69, 9.17) is 14.5 Å². The van der Waals surface area contributed by atoms with Crippen molar-refractivity contribution in [2.24, 2.45) is 0 Å². The number of aryl methyl sites for hydroxylation is 2. The Kier molecular flexibility index (Phi) is 6.70. The number of carbonyl (C=O) groups excluding carboxylic acids is 1. The van der Waals surface area contributed by atoms with Crippen molar-refractivity contribution in [3.63, 3.8) is 0 Å². The van der Waals surface area contributed by atoms with Crippen molar-refractivity contribution in [1.29, 1.82) is 0 Å². The fraction of sp³-hybridized carbons (Fsp3) is 0.310. The molecular formula is C29H31N3O3. The summed E-state index contributed by atoms with van der Waals surface area (Å²) in [4.78, 5) is 19.8. The van der Waals surface area contributed by atoms with Crippen molar-refractivity contribution in [1.82, 2.24) is 9.55 Å². The molecule has 1 aliphatic rings. The quantitative estimate of drug-likeness (QED) is 0.294. The maximum absolute atomic E-state index is 13.0. The number of imidazole rings is 1. The topological polar surface area (TPSA) is 56.6 Å². The third-order valence-corrected chi connectivity index (χ3v) is 6.68. The van der Waals surface area contributed by atoms with Crippen LogP contribution in [0.3, 0.4) is 0 Å². The molecule has 1 amide bonds. The molecule has 0 bridgehead atoms. The van der Waals surface area contributed by atoms with Crippen LogP contribution in [-0.2, 0) is 11.3 Å². The first kappa shape index (κ1) is 23.0. The van der Waals surface area contributed by atoms with E-state index in [-0.39, 0.29) is 11.8 Å². The highest BCUT2D eigenvalue weighted by Gasteiger charge is 2.35. The van der Waals surface area contributed by atoms with Gasteiger partial charge in [-0.05, 0) is 55.7 Å². The van der Waals surface area contributed by atoms with Gasteiger partial charge in [0.1, 0.15) is 17.3 Å². The number of nitrogens with zero attached hydrogens (tertiary/aromatic N) is 3. The Morgan fingerprint density at radius 1 is 0.943 bits per heavy atom. The fourth-order valence-electron chi connectivity index (χ4n) is 4.88. The van der Waals surface area contributed by atoms with Crippen LogP contribution in [0.4, 0.5) is 5.69 Å². The van der Waals surface area contributed by atoms with Gasteiger partial charge in [0.25, 0.3) is 0 Å². The minimum Gasteiger partial charge on any atom is -0.495 e. The standard InChI is InChI=1S/C29H31N3O3/c1-21-11-3-7-15-26(21)35-18-10-9-17-31-24-13-5-4-12-23(24)30-29(31)22-19-28(33)32(20-22)25-14-6-8-16-27(25)34-2/h3-8,11-16,22H,9-10,17-20H2,1-2H3/t22-/m0/s1. The zero-order valence-electron chi connectivity index (χ0n) is 20.3. The number of hydrogen-bond acceptors (Lipinski definition) is 4. The molecule has 180 valence electrons. The van der Waals surface area contributed by atoms with Gasteiger partial charge in [-0.2, -0.15) is 0 Å². The molecule has 1 saturated heterocycles. The number of para-hydroxylation sites is 5. The van der Waals surface area contributed by atoms with Crippen LogP contribution < -0.4 is 14.4 Å². The average Bonchev–Trinajstić information content (AvgIpc) is 3.45. The van der Waals surface area contributed by atoms with Gasteiger partial charge in [-0.25, -0.2) is 4.98 Å². The third-order valence-electron chi connectivity index (χ3n) is 6.68. The second-order valence-corrected chi connectivity index (χ2v) is 9.01. The van der Waals surface area contributed by atoms with Gasteiger partial charge in [-0.1, -0.05) is 42.5 Å². The van der Waals surface area contributed by atoms with E-state index in [0.29, 0.717) is 25.3 Å². The number of amides is 1. The number of unbranched alkanes of at least 4 members (excludes halogenated alkanes) is 1. The molecule has 0 saturated carbocycles. The van der Waals surface area contributed by atoms with Crippen LogP contribution in [0.2, 0.25) is 0 Å². The van der Waals surface area contributed by atoms with E-state index in [1.54, 1.807) is 7.11 Å². The summed E-state index contributed by atoms with van der Waals surface area (Å²) in [6.07, 6.45) is 2.35. The van der Waals surface area contributed by atoms with Gasteiger partial charge >= 0.3 is 0 Å². The predicted octanol–water partition coefficient (Wildman–Crippen LogP) is 5.73. The minimum absolute atomic E-state index is 0.0306. The zero-order valence-corrected chi connectivity index (χ0v) is 20.3. The SMILES string of the molecule is COc1ccccc1N1C[C@@H](c2nc3ccccc3n2CCCCOc2ccccc2C)CC1=O. The lowest BCUT2D eigenvalue weighted by Crippen LogP contribution is -2.25. The Morgan fingerprint density at radius 3 is 2.51 bits per heavy atom. The number of fused-ring (bicyclic) bond motifs is 1. The molecule has 0 unspecified atom stereocenters. The minimum atomic E-state index is 0.0306. The molecule has 6 heteroatoms. The van der Waals surface area contributed by atoms with E-state index in [2.05, 4.69) is 23.6 Å². The molecule has 1 aromatic heterocycles. The molecule has 0 aliphatic carbocycles. The molecular weight excluding hydrogens is 438 g/mol. The molecule has 4 aromatic rings. The molecule has 1 atom stereocenters. The monoisotopic (exact) mass is 469 g/mol. The third kappa shape index (κ3) is 4.74. The van der Waals surface area contributed by atoms with Gasteiger partial charge in [-0.3, -0.25) is 4.79 Å². The van der Waals surface area contributed by atoms with Crippen LogP contribution in [-0.4, -0.2) is 35.7 Å². The Hall–Kier alpha value is -3.80. The highest BCUT2D eigenvalue weighted by atomic mass is 16.5. The summed E-state index contributed by atoms with van der Waals surface area (Å²) in [5, 5.41) is 0. The maximum atomic E-state index is 13.0. The lowest BCUT2D eigenvalue weighted by molar-refractivity contribution is -0.117. The first-order chi connectivity index (χ1) is 17.2. The number of aromatic nitrogens is 2. The number of carbonyl (C=O) groups is 1. The zero-order chi connectivity index (χ0) is 24.2. The maximum Gasteiger partial charge on any atom is 0.227 e. The molecule has 2 heterocycles. The van der Waals surface area contributed by atoms with Crippen molar-refractivity contribution < 1.29 is 14.3 Å². The molecule has 35 heavy (non-hydrogen) atoms. The largest absolute Gasteiger partial charge is 0.495 e. The number of benzene rings is 3. The van der Waals surface area contributed by atoms with Crippen LogP contribution in [0.15, 0.2) is 72.8 Å². The van der Waals surface area contributed by atoms with Gasteiger partial charge in [0.05, 0.1) is 30.4 Å². The summed E-state index contributed by atoms with van der Waals surface area (Å²) < 4.78 is 13.8. The molecule has 1 fully saturated rings. The first-order valence-corrected chi connectivity index (χ1v) is 12.2. The van der Waals surface area contributed by atoms with E-state index in [0.717, 1.165) is 53.2 Å². The Labute approximate surface area is 206 Å². The Bertz CT molecular complexity index is 1330. The Balaban J connectivity index is 1.31. The van der Waals surface area contributed by atoms with Crippen LogP contribution in [0, 0.1) is 6.92 Å². The van der Waals surface area contributed by atoms with Gasteiger partial charge in [0.2, 0.25) is 5.91 Å². The van der Waals surface area contributed by atoms with Crippen LogP contribution in [0.25, 0.3) is 11.0 Å². The molecule has 6 nitrogen and oxygen atoms in total. The summed E-state index contributed by atoms with van der Waals surface area (Å²) in [6, 6.07) is 24.0. The van der Waals surface area contributed by atoms with E-state index < -0.39 is 0 Å². The Morgan fingerprint density at radius 2 is 1.69 bits per heavy atom. The molecule has 5 rings (SSSR count). The molecule has 1 aliphatic heterocycles. The van der Waals surface area contributed by atoms with Crippen LogP contribution >= 0.6 is 0 Å². The molecule has 0 spiro atoms. The summed E-state index contributed by atoms with van der Waals surface area (Å²) in [7, 11) is 1.64. The van der Waals surface area contributed by atoms with Crippen molar-refractivity contribution >= 4 is 22.6 Å². The normalized spacial score (nSPS) is 15.7. The van der Waals surface area contributed by atoms with Crippen molar-refractivity contribution in [2.45, 2.75) is 38.6 Å². The smallest absolute Gasteiger partial charge is 0.227 e. The number of anilines is 1. The van der Waals surface area contributed by atoms with Gasteiger partial charge in [0.15, 0.2) is 0 Å². The summed E-state index contributed by atoms with van der Waals surface area (Å²) in [5.41, 5.74) is 4.06. The van der Waals surface area contributed by atoms with Gasteiger partial charge in [-0.15, -0.1) is 0 Å². The number of methoxy groups -OCH3 is 1. The lowest BCUT2D eigenvalue weighted by Gasteiger charge is -2.19. The van der Waals surface area contributed by atoms with E-state index in [1.165, 1.54) is 0 Å². The molecule has 0 N–H and O–H groups in total. The van der Waals surface area contributed by atoms with Crippen LogP contribution in [0.1, 0.15) is 36.6 Å². The summed E-state index contributed by atoms with van der Waals surface area (Å²) in [6.45, 7) is 4.18. The van der Waals surface area contributed by atoms with Crippen molar-refractivity contribution in [3.8, 4) is 11.5 Å². The van der Waals surface area contributed by atoms with Gasteiger partial charge in [0, 0.05) is 25.4 Å². The van der Waals surface area contributed by atoms with E-state index >= 15 is 0 Å². The van der Waals surface area contributed by atoms with E-state index in [9.17, 15) is 4.79 Å².